The smallest absolute Gasteiger partial charge is 0.101 e. The summed E-state index contributed by atoms with van der Waals surface area (Å²) in [4.78, 5) is 2.58. The summed E-state index contributed by atoms with van der Waals surface area (Å²) < 4.78 is 5.81. The third-order valence-corrected chi connectivity index (χ3v) is 4.24. The van der Waals surface area contributed by atoms with Crippen LogP contribution < -0.4 is 5.73 Å². The molecule has 4 heteroatoms. The molecule has 4 nitrogen and oxygen atoms in total. The lowest BCUT2D eigenvalue weighted by atomic mass is 9.98. The average Bonchev–Trinajstić information content (AvgIpc) is 2.83. The summed E-state index contributed by atoms with van der Waals surface area (Å²) >= 11 is 0. The summed E-state index contributed by atoms with van der Waals surface area (Å²) in [6.07, 6.45) is 7.28. The third kappa shape index (κ3) is 3.44. The molecule has 2 N–H and O–H groups in total. The highest BCUT2D eigenvalue weighted by molar-refractivity contribution is 5.00. The van der Waals surface area contributed by atoms with Crippen LogP contribution in [0, 0.1) is 11.3 Å². The molecule has 1 aliphatic heterocycles. The van der Waals surface area contributed by atoms with Crippen molar-refractivity contribution < 1.29 is 4.74 Å². The first kappa shape index (κ1) is 13.8. The molecule has 0 amide bonds. The van der Waals surface area contributed by atoms with Gasteiger partial charge in [-0.2, -0.15) is 5.26 Å². The van der Waals surface area contributed by atoms with E-state index in [2.05, 4.69) is 11.0 Å². The van der Waals surface area contributed by atoms with Crippen molar-refractivity contribution in [3.8, 4) is 6.07 Å². The van der Waals surface area contributed by atoms with Gasteiger partial charge in [0.15, 0.2) is 0 Å². The minimum atomic E-state index is -0.652. The second-order valence-corrected chi connectivity index (χ2v) is 5.93. The highest BCUT2D eigenvalue weighted by Gasteiger charge is 2.35. The van der Waals surface area contributed by atoms with Gasteiger partial charge in [0.05, 0.1) is 18.8 Å². The van der Waals surface area contributed by atoms with Crippen LogP contribution in [0.5, 0.6) is 0 Å². The Hall–Kier alpha value is -0.630. The van der Waals surface area contributed by atoms with Crippen molar-refractivity contribution in [2.45, 2.75) is 63.1 Å². The van der Waals surface area contributed by atoms with Crippen LogP contribution in [0.1, 0.15) is 45.4 Å². The number of hydrogen-bond donors (Lipinski definition) is 1. The van der Waals surface area contributed by atoms with Gasteiger partial charge in [-0.05, 0) is 52.0 Å². The molecular weight excluding hydrogens is 226 g/mol. The lowest BCUT2D eigenvalue weighted by Gasteiger charge is -2.37. The molecule has 18 heavy (non-hydrogen) atoms. The van der Waals surface area contributed by atoms with Crippen molar-refractivity contribution in [1.82, 2.24) is 4.90 Å². The van der Waals surface area contributed by atoms with Crippen molar-refractivity contribution in [3.63, 3.8) is 0 Å². The minimum Gasteiger partial charge on any atom is -0.375 e. The average molecular weight is 251 g/mol. The van der Waals surface area contributed by atoms with Crippen molar-refractivity contribution in [2.24, 2.45) is 5.73 Å². The summed E-state index contributed by atoms with van der Waals surface area (Å²) in [7, 11) is 0. The number of nitrogens with two attached hydrogens (primary N) is 1. The van der Waals surface area contributed by atoms with Gasteiger partial charge in [0.1, 0.15) is 5.54 Å². The summed E-state index contributed by atoms with van der Waals surface area (Å²) in [5.41, 5.74) is 5.17. The molecule has 0 aromatic rings. The molecule has 1 heterocycles. The van der Waals surface area contributed by atoms with E-state index in [1.165, 1.54) is 19.3 Å². The van der Waals surface area contributed by atoms with Crippen LogP contribution in [0.2, 0.25) is 0 Å². The third-order valence-electron chi connectivity index (χ3n) is 4.24. The van der Waals surface area contributed by atoms with Crippen LogP contribution in [0.25, 0.3) is 0 Å². The predicted octanol–water partition coefficient (Wildman–Crippen LogP) is 1.65. The molecule has 1 saturated heterocycles. The molecule has 0 bridgehead atoms. The zero-order valence-corrected chi connectivity index (χ0v) is 11.4. The van der Waals surface area contributed by atoms with E-state index in [-0.39, 0.29) is 0 Å². The van der Waals surface area contributed by atoms with Gasteiger partial charge in [-0.3, -0.25) is 4.90 Å². The first-order valence-corrected chi connectivity index (χ1v) is 7.18. The molecule has 3 atom stereocenters. The lowest BCUT2D eigenvalue weighted by Crippen LogP contribution is -2.48. The molecule has 0 aromatic carbocycles. The topological polar surface area (TPSA) is 62.3 Å². The SMILES string of the molecule is CC(N)(C#N)CCCCN1CCOC2CCCC21. The molecule has 3 unspecified atom stereocenters. The van der Waals surface area contributed by atoms with E-state index in [1.54, 1.807) is 0 Å². The largest absolute Gasteiger partial charge is 0.375 e. The molecule has 102 valence electrons. The number of nitrogens with zero attached hydrogens (tertiary/aromatic N) is 2. The highest BCUT2D eigenvalue weighted by Crippen LogP contribution is 2.29. The summed E-state index contributed by atoms with van der Waals surface area (Å²) in [5, 5.41) is 8.86. The fraction of sp³-hybridized carbons (Fsp3) is 0.929. The molecule has 0 aromatic heterocycles. The van der Waals surface area contributed by atoms with Gasteiger partial charge in [-0.25, -0.2) is 0 Å². The Morgan fingerprint density at radius 1 is 1.44 bits per heavy atom. The van der Waals surface area contributed by atoms with E-state index in [0.717, 1.165) is 39.0 Å². The zero-order chi connectivity index (χ0) is 13.0. The fourth-order valence-corrected chi connectivity index (χ4v) is 3.15. The maximum Gasteiger partial charge on any atom is 0.101 e. The van der Waals surface area contributed by atoms with Crippen molar-refractivity contribution in [1.29, 1.82) is 5.26 Å². The monoisotopic (exact) mass is 251 g/mol. The Labute approximate surface area is 110 Å². The first-order chi connectivity index (χ1) is 8.62. The standard InChI is InChI=1S/C14H25N3O/c1-14(16,11-15)7-2-3-8-17-9-10-18-13-6-4-5-12(13)17/h12-13H,2-10,16H2,1H3. The Balaban J connectivity index is 1.69. The maximum absolute atomic E-state index is 8.86. The van der Waals surface area contributed by atoms with Crippen molar-refractivity contribution in [3.05, 3.63) is 0 Å². The van der Waals surface area contributed by atoms with Crippen LogP contribution in [0.15, 0.2) is 0 Å². The second-order valence-electron chi connectivity index (χ2n) is 5.93. The Morgan fingerprint density at radius 3 is 3.06 bits per heavy atom. The quantitative estimate of drug-likeness (QED) is 0.755. The number of ether oxygens (including phenoxy) is 1. The number of fused-ring (bicyclic) bond motifs is 1. The number of unbranched alkanes of at least 4 members (excludes halogenated alkanes) is 1. The van der Waals surface area contributed by atoms with Gasteiger partial charge < -0.3 is 10.5 Å². The summed E-state index contributed by atoms with van der Waals surface area (Å²) in [6, 6.07) is 2.81. The Kier molecular flexibility index (Phi) is 4.60. The number of nitriles is 1. The summed E-state index contributed by atoms with van der Waals surface area (Å²) in [5.74, 6) is 0. The molecule has 1 saturated carbocycles. The molecule has 0 spiro atoms. The van der Waals surface area contributed by atoms with E-state index in [1.807, 2.05) is 6.92 Å². The predicted molar refractivity (Wildman–Crippen MR) is 71.0 cm³/mol. The number of hydrogen-bond acceptors (Lipinski definition) is 4. The van der Waals surface area contributed by atoms with Gasteiger partial charge in [0, 0.05) is 12.6 Å². The summed E-state index contributed by atoms with van der Waals surface area (Å²) in [6.45, 7) is 4.90. The maximum atomic E-state index is 8.86. The van der Waals surface area contributed by atoms with Crippen LogP contribution in [0.4, 0.5) is 0 Å². The molecule has 0 radical (unpaired) electrons. The van der Waals surface area contributed by atoms with E-state index in [0.29, 0.717) is 12.1 Å². The highest BCUT2D eigenvalue weighted by atomic mass is 16.5. The Bertz CT molecular complexity index is 311. The molecule has 2 fully saturated rings. The zero-order valence-electron chi connectivity index (χ0n) is 11.4. The first-order valence-electron chi connectivity index (χ1n) is 7.18. The van der Waals surface area contributed by atoms with Crippen molar-refractivity contribution >= 4 is 0 Å². The van der Waals surface area contributed by atoms with Crippen molar-refractivity contribution in [2.75, 3.05) is 19.7 Å². The second kappa shape index (κ2) is 6.01. The Morgan fingerprint density at radius 2 is 2.28 bits per heavy atom. The van der Waals surface area contributed by atoms with Gasteiger partial charge in [-0.15, -0.1) is 0 Å². The van der Waals surface area contributed by atoms with Crippen LogP contribution in [-0.4, -0.2) is 42.3 Å². The number of rotatable bonds is 5. The molecular formula is C14H25N3O. The normalized spacial score (nSPS) is 31.6. The molecule has 2 rings (SSSR count). The van der Waals surface area contributed by atoms with E-state index in [9.17, 15) is 0 Å². The number of morpholine rings is 1. The lowest BCUT2D eigenvalue weighted by molar-refractivity contribution is -0.0558. The van der Waals surface area contributed by atoms with E-state index >= 15 is 0 Å². The molecule has 1 aliphatic carbocycles. The van der Waals surface area contributed by atoms with Gasteiger partial charge in [-0.1, -0.05) is 0 Å². The van der Waals surface area contributed by atoms with Gasteiger partial charge in [0.25, 0.3) is 0 Å². The van der Waals surface area contributed by atoms with Crippen LogP contribution in [-0.2, 0) is 4.74 Å². The van der Waals surface area contributed by atoms with Crippen LogP contribution >= 0.6 is 0 Å². The fourth-order valence-electron chi connectivity index (χ4n) is 3.15. The minimum absolute atomic E-state index is 0.484. The van der Waals surface area contributed by atoms with E-state index < -0.39 is 5.54 Å². The van der Waals surface area contributed by atoms with Gasteiger partial charge in [0.2, 0.25) is 0 Å². The molecule has 2 aliphatic rings. The van der Waals surface area contributed by atoms with E-state index in [4.69, 9.17) is 15.7 Å². The van der Waals surface area contributed by atoms with Gasteiger partial charge >= 0.3 is 0 Å². The van der Waals surface area contributed by atoms with Crippen LogP contribution in [0.3, 0.4) is 0 Å².